The Bertz CT molecular complexity index is 1200. The maximum atomic E-state index is 12.7. The first-order valence-electron chi connectivity index (χ1n) is 9.64. The van der Waals surface area contributed by atoms with Gasteiger partial charge in [0.25, 0.3) is 0 Å². The minimum atomic E-state index is -0.508. The molecule has 0 unspecified atom stereocenters. The summed E-state index contributed by atoms with van der Waals surface area (Å²) in [6.07, 6.45) is 0. The van der Waals surface area contributed by atoms with Crippen LogP contribution in [0, 0.1) is 6.92 Å². The first-order chi connectivity index (χ1) is 15.2. The zero-order valence-electron chi connectivity index (χ0n) is 17.1. The van der Waals surface area contributed by atoms with Crippen LogP contribution in [-0.4, -0.2) is 34.1 Å². The summed E-state index contributed by atoms with van der Waals surface area (Å²) in [5, 5.41) is 12.8. The van der Waals surface area contributed by atoms with Gasteiger partial charge in [0.2, 0.25) is 5.90 Å². The van der Waals surface area contributed by atoms with Crippen LogP contribution in [0.2, 0.25) is 0 Å². The second-order valence-electron chi connectivity index (χ2n) is 6.67. The number of esters is 1. The maximum absolute atomic E-state index is 12.7. The smallest absolute Gasteiger partial charge is 0.344 e. The predicted molar refractivity (Wildman–Crippen MR) is 117 cm³/mol. The molecule has 3 aromatic carbocycles. The van der Waals surface area contributed by atoms with Crippen molar-refractivity contribution >= 4 is 11.9 Å². The van der Waals surface area contributed by atoms with Gasteiger partial charge in [0.1, 0.15) is 11.4 Å². The van der Waals surface area contributed by atoms with Gasteiger partial charge in [0.15, 0.2) is 0 Å². The molecule has 31 heavy (non-hydrogen) atoms. The number of methoxy groups -OCH3 is 1. The molecule has 0 N–H and O–H groups in total. The number of ether oxygens (including phenoxy) is 2. The van der Waals surface area contributed by atoms with E-state index in [4.69, 9.17) is 9.47 Å². The average molecular weight is 412 g/mol. The summed E-state index contributed by atoms with van der Waals surface area (Å²) < 4.78 is 10.9. The topological polar surface area (TPSA) is 78.6 Å². The fraction of sp³-hybridized carbons (Fsp3) is 0.0833. The van der Waals surface area contributed by atoms with Crippen LogP contribution in [0.5, 0.6) is 5.75 Å². The van der Waals surface area contributed by atoms with E-state index < -0.39 is 5.97 Å². The number of rotatable bonds is 5. The molecule has 0 radical (unpaired) electrons. The number of benzene rings is 3. The summed E-state index contributed by atoms with van der Waals surface area (Å²) in [7, 11) is 1.61. The van der Waals surface area contributed by atoms with Gasteiger partial charge >= 0.3 is 5.97 Å². The van der Waals surface area contributed by atoms with Crippen molar-refractivity contribution in [1.29, 1.82) is 0 Å². The summed E-state index contributed by atoms with van der Waals surface area (Å²) in [6.45, 7) is 1.84. The molecule has 0 amide bonds. The van der Waals surface area contributed by atoms with Crippen LogP contribution in [0.4, 0.5) is 0 Å². The van der Waals surface area contributed by atoms with Crippen molar-refractivity contribution in [2.24, 2.45) is 5.10 Å². The van der Waals surface area contributed by atoms with Crippen molar-refractivity contribution in [3.05, 3.63) is 102 Å². The number of nitrogens with zero attached hydrogens (tertiary/aromatic N) is 4. The van der Waals surface area contributed by atoms with E-state index in [0.29, 0.717) is 22.5 Å². The van der Waals surface area contributed by atoms with Crippen LogP contribution in [0.15, 0.2) is 90.0 Å². The molecule has 7 heteroatoms. The summed E-state index contributed by atoms with van der Waals surface area (Å²) in [4.78, 5) is 14.1. The van der Waals surface area contributed by atoms with Gasteiger partial charge in [0.05, 0.1) is 18.4 Å². The molecule has 0 saturated carbocycles. The zero-order valence-corrected chi connectivity index (χ0v) is 17.1. The Labute approximate surface area is 179 Å². The predicted octanol–water partition coefficient (Wildman–Crippen LogP) is 4.33. The fourth-order valence-electron chi connectivity index (χ4n) is 3.01. The standard InChI is InChI=1S/C24H20N4O3/c1-17-22(18-13-15-21(30-2)16-14-18)28(27-25-17)26-23(19-9-5-3-6-10-19)31-24(29)20-11-7-4-8-12-20/h3-16H,1-2H3/b26-23+. The van der Waals surface area contributed by atoms with E-state index in [1.165, 1.54) is 4.79 Å². The third-order valence-electron chi connectivity index (χ3n) is 4.59. The molecule has 0 aliphatic heterocycles. The molecule has 7 nitrogen and oxygen atoms in total. The largest absolute Gasteiger partial charge is 0.497 e. The molecule has 4 aromatic rings. The van der Waals surface area contributed by atoms with Gasteiger partial charge in [-0.1, -0.05) is 36.4 Å². The van der Waals surface area contributed by atoms with Crippen LogP contribution in [0.3, 0.4) is 0 Å². The lowest BCUT2D eigenvalue weighted by molar-refractivity contribution is 0.0716. The molecule has 1 heterocycles. The highest BCUT2D eigenvalue weighted by atomic mass is 16.5. The van der Waals surface area contributed by atoms with E-state index in [2.05, 4.69) is 15.4 Å². The van der Waals surface area contributed by atoms with E-state index in [9.17, 15) is 4.79 Å². The Balaban J connectivity index is 1.75. The van der Waals surface area contributed by atoms with E-state index in [0.717, 1.165) is 11.3 Å². The molecule has 154 valence electrons. The Kier molecular flexibility index (Phi) is 5.84. The van der Waals surface area contributed by atoms with Crippen molar-refractivity contribution in [3.8, 4) is 17.0 Å². The van der Waals surface area contributed by atoms with Crippen LogP contribution in [-0.2, 0) is 4.74 Å². The zero-order chi connectivity index (χ0) is 21.6. The average Bonchev–Trinajstić information content (AvgIpc) is 3.19. The van der Waals surface area contributed by atoms with Gasteiger partial charge in [-0.3, -0.25) is 0 Å². The molecule has 0 aliphatic carbocycles. The highest BCUT2D eigenvalue weighted by Gasteiger charge is 2.17. The first-order valence-corrected chi connectivity index (χ1v) is 9.64. The molecular formula is C24H20N4O3. The number of carbonyl (C=O) groups is 1. The Morgan fingerprint density at radius 2 is 1.48 bits per heavy atom. The van der Waals surface area contributed by atoms with Crippen LogP contribution >= 0.6 is 0 Å². The van der Waals surface area contributed by atoms with E-state index in [1.54, 1.807) is 31.4 Å². The third-order valence-corrected chi connectivity index (χ3v) is 4.59. The molecule has 0 aliphatic rings. The fourth-order valence-corrected chi connectivity index (χ4v) is 3.01. The normalized spacial score (nSPS) is 11.2. The molecule has 0 atom stereocenters. The van der Waals surface area contributed by atoms with Gasteiger partial charge in [-0.05, 0) is 60.7 Å². The van der Waals surface area contributed by atoms with Crippen molar-refractivity contribution in [2.75, 3.05) is 7.11 Å². The van der Waals surface area contributed by atoms with Gasteiger partial charge in [-0.15, -0.1) is 15.0 Å². The molecule has 0 bridgehead atoms. The highest BCUT2D eigenvalue weighted by Crippen LogP contribution is 2.24. The molecule has 4 rings (SSSR count). The minimum Gasteiger partial charge on any atom is -0.497 e. The van der Waals surface area contributed by atoms with Gasteiger partial charge in [0, 0.05) is 11.1 Å². The molecule has 1 aromatic heterocycles. The Morgan fingerprint density at radius 1 is 0.871 bits per heavy atom. The number of hydrogen-bond acceptors (Lipinski definition) is 6. The highest BCUT2D eigenvalue weighted by molar-refractivity contribution is 6.05. The lowest BCUT2D eigenvalue weighted by atomic mass is 10.1. The maximum Gasteiger partial charge on any atom is 0.344 e. The van der Waals surface area contributed by atoms with Crippen molar-refractivity contribution in [3.63, 3.8) is 0 Å². The summed E-state index contributed by atoms with van der Waals surface area (Å²) in [5.41, 5.74) is 3.30. The Hall–Kier alpha value is -4.26. The lowest BCUT2D eigenvalue weighted by Crippen LogP contribution is -2.16. The van der Waals surface area contributed by atoms with E-state index >= 15 is 0 Å². The lowest BCUT2D eigenvalue weighted by Gasteiger charge is -2.09. The number of aryl methyl sites for hydroxylation is 1. The van der Waals surface area contributed by atoms with E-state index in [1.807, 2.05) is 67.6 Å². The molecule has 0 saturated heterocycles. The van der Waals surface area contributed by atoms with E-state index in [-0.39, 0.29) is 5.90 Å². The van der Waals surface area contributed by atoms with Crippen LogP contribution in [0.25, 0.3) is 11.3 Å². The molecule has 0 fully saturated rings. The second kappa shape index (κ2) is 9.04. The van der Waals surface area contributed by atoms with Crippen LogP contribution in [0.1, 0.15) is 21.6 Å². The van der Waals surface area contributed by atoms with Gasteiger partial charge < -0.3 is 9.47 Å². The second-order valence-corrected chi connectivity index (χ2v) is 6.67. The quantitative estimate of drug-likeness (QED) is 0.277. The summed E-state index contributed by atoms with van der Waals surface area (Å²) >= 11 is 0. The van der Waals surface area contributed by atoms with Crippen molar-refractivity contribution in [1.82, 2.24) is 15.1 Å². The molecular weight excluding hydrogens is 392 g/mol. The Morgan fingerprint density at radius 3 is 2.10 bits per heavy atom. The van der Waals surface area contributed by atoms with Crippen LogP contribution < -0.4 is 4.74 Å². The summed E-state index contributed by atoms with van der Waals surface area (Å²) in [5.74, 6) is 0.353. The SMILES string of the molecule is COc1ccc(-c2c(C)nnn2/N=C(/OC(=O)c2ccccc2)c2ccccc2)cc1. The number of hydrogen-bond donors (Lipinski definition) is 0. The van der Waals surface area contributed by atoms with Crippen molar-refractivity contribution < 1.29 is 14.3 Å². The monoisotopic (exact) mass is 412 g/mol. The molecule has 0 spiro atoms. The van der Waals surface area contributed by atoms with Crippen molar-refractivity contribution in [2.45, 2.75) is 6.92 Å². The number of carbonyl (C=O) groups excluding carboxylic acids is 1. The minimum absolute atomic E-state index is 0.120. The number of aromatic nitrogens is 3. The summed E-state index contributed by atoms with van der Waals surface area (Å²) in [6, 6.07) is 25.5. The van der Waals surface area contributed by atoms with Gasteiger partial charge in [-0.2, -0.15) is 0 Å². The first kappa shape index (κ1) is 20.0. The van der Waals surface area contributed by atoms with Gasteiger partial charge in [-0.25, -0.2) is 4.79 Å². The third kappa shape index (κ3) is 4.51.